The van der Waals surface area contributed by atoms with Crippen molar-refractivity contribution in [1.82, 2.24) is 20.9 Å². The molecule has 2 heterocycles. The summed E-state index contributed by atoms with van der Waals surface area (Å²) in [5.74, 6) is 0.0413. The average molecular weight is 420 g/mol. The molecule has 158 valence electrons. The van der Waals surface area contributed by atoms with E-state index in [1.165, 1.54) is 0 Å². The molecule has 3 rings (SSSR count). The van der Waals surface area contributed by atoms with Crippen molar-refractivity contribution in [3.05, 3.63) is 30.3 Å². The molecule has 0 spiro atoms. The minimum absolute atomic E-state index is 0.0120. The standard InChI is InChI=1S/C20H29N5O3S/c1-28-10-9-21-20(29)24-15-11-17-19(27)22-12-16(25(17)13-15)7-8-18(26)23-14-5-3-2-4-6-14/h2-6,15-17H,7-13H2,1H3,(H,22,27)(H,23,26)(H2,21,24,29)/t15-,16-,17+/m1/s1. The monoisotopic (exact) mass is 419 g/mol. The van der Waals surface area contributed by atoms with Gasteiger partial charge in [-0.2, -0.15) is 0 Å². The van der Waals surface area contributed by atoms with Crippen molar-refractivity contribution in [3.8, 4) is 0 Å². The lowest BCUT2D eigenvalue weighted by molar-refractivity contribution is -0.129. The van der Waals surface area contributed by atoms with Gasteiger partial charge < -0.3 is 26.0 Å². The number of nitrogens with zero attached hydrogens (tertiary/aromatic N) is 1. The molecule has 2 fully saturated rings. The minimum Gasteiger partial charge on any atom is -0.383 e. The van der Waals surface area contributed by atoms with E-state index < -0.39 is 0 Å². The number of nitrogens with one attached hydrogen (secondary N) is 4. The zero-order valence-corrected chi connectivity index (χ0v) is 17.5. The fraction of sp³-hybridized carbons (Fsp3) is 0.550. The van der Waals surface area contributed by atoms with E-state index >= 15 is 0 Å². The molecule has 8 nitrogen and oxygen atoms in total. The summed E-state index contributed by atoms with van der Waals surface area (Å²) in [6.07, 6.45) is 1.80. The van der Waals surface area contributed by atoms with E-state index in [-0.39, 0.29) is 29.9 Å². The summed E-state index contributed by atoms with van der Waals surface area (Å²) in [5.41, 5.74) is 0.798. The molecule has 1 aromatic carbocycles. The number of piperazine rings is 1. The number of methoxy groups -OCH3 is 1. The van der Waals surface area contributed by atoms with Crippen LogP contribution in [0.25, 0.3) is 0 Å². The van der Waals surface area contributed by atoms with E-state index in [9.17, 15) is 9.59 Å². The van der Waals surface area contributed by atoms with Crippen molar-refractivity contribution in [1.29, 1.82) is 0 Å². The van der Waals surface area contributed by atoms with E-state index in [1.54, 1.807) is 7.11 Å². The van der Waals surface area contributed by atoms with Gasteiger partial charge in [0.1, 0.15) is 0 Å². The molecule has 2 aliphatic rings. The summed E-state index contributed by atoms with van der Waals surface area (Å²) < 4.78 is 5.01. The Hall–Kier alpha value is -2.23. The van der Waals surface area contributed by atoms with Gasteiger partial charge in [0.2, 0.25) is 11.8 Å². The van der Waals surface area contributed by atoms with Gasteiger partial charge >= 0.3 is 0 Å². The molecule has 2 saturated heterocycles. The van der Waals surface area contributed by atoms with Gasteiger partial charge in [0.15, 0.2) is 5.11 Å². The van der Waals surface area contributed by atoms with Crippen LogP contribution < -0.4 is 21.3 Å². The Morgan fingerprint density at radius 3 is 2.90 bits per heavy atom. The van der Waals surface area contributed by atoms with E-state index in [2.05, 4.69) is 26.2 Å². The first-order valence-electron chi connectivity index (χ1n) is 9.98. The van der Waals surface area contributed by atoms with Crippen LogP contribution in [-0.2, 0) is 14.3 Å². The summed E-state index contributed by atoms with van der Waals surface area (Å²) in [4.78, 5) is 26.8. The molecule has 0 saturated carbocycles. The topological polar surface area (TPSA) is 94.7 Å². The molecule has 0 aliphatic carbocycles. The van der Waals surface area contributed by atoms with Gasteiger partial charge in [0.05, 0.1) is 12.6 Å². The fourth-order valence-electron chi connectivity index (χ4n) is 3.89. The smallest absolute Gasteiger partial charge is 0.237 e. The Balaban J connectivity index is 1.48. The van der Waals surface area contributed by atoms with Crippen LogP contribution in [0.1, 0.15) is 19.3 Å². The van der Waals surface area contributed by atoms with Crippen LogP contribution in [0, 0.1) is 0 Å². The molecule has 2 aliphatic heterocycles. The number of hydrogen-bond acceptors (Lipinski definition) is 5. The highest BCUT2D eigenvalue weighted by Crippen LogP contribution is 2.26. The highest BCUT2D eigenvalue weighted by Gasteiger charge is 2.43. The molecule has 0 aromatic heterocycles. The second-order valence-electron chi connectivity index (χ2n) is 7.39. The zero-order chi connectivity index (χ0) is 20.6. The molecular weight excluding hydrogens is 390 g/mol. The Morgan fingerprint density at radius 2 is 2.14 bits per heavy atom. The van der Waals surface area contributed by atoms with Crippen molar-refractivity contribution in [2.45, 2.75) is 37.4 Å². The number of anilines is 1. The number of carbonyl (C=O) groups is 2. The van der Waals surface area contributed by atoms with Crippen LogP contribution in [0.5, 0.6) is 0 Å². The van der Waals surface area contributed by atoms with E-state index in [0.717, 1.165) is 12.2 Å². The molecular formula is C20H29N5O3S. The van der Waals surface area contributed by atoms with Gasteiger partial charge in [-0.3, -0.25) is 14.5 Å². The van der Waals surface area contributed by atoms with Crippen molar-refractivity contribution < 1.29 is 14.3 Å². The summed E-state index contributed by atoms with van der Waals surface area (Å²) in [7, 11) is 1.64. The van der Waals surface area contributed by atoms with Gasteiger partial charge in [-0.1, -0.05) is 18.2 Å². The van der Waals surface area contributed by atoms with Gasteiger partial charge in [-0.25, -0.2) is 0 Å². The molecule has 4 N–H and O–H groups in total. The number of carbonyl (C=O) groups excluding carboxylic acids is 2. The van der Waals surface area contributed by atoms with Crippen molar-refractivity contribution in [2.24, 2.45) is 0 Å². The number of benzene rings is 1. The number of fused-ring (bicyclic) bond motifs is 1. The third kappa shape index (κ3) is 6.12. The first kappa shape index (κ1) is 21.5. The maximum atomic E-state index is 12.3. The van der Waals surface area contributed by atoms with Crippen LogP contribution in [0.2, 0.25) is 0 Å². The summed E-state index contributed by atoms with van der Waals surface area (Å²) in [6, 6.07) is 9.51. The second kappa shape index (κ2) is 10.5. The van der Waals surface area contributed by atoms with E-state index in [0.29, 0.717) is 44.1 Å². The molecule has 3 atom stereocenters. The SMILES string of the molecule is COCCNC(=S)N[C@@H]1C[C@H]2C(=O)NC[C@@H](CCC(=O)Nc3ccccc3)N2C1. The second-order valence-corrected chi connectivity index (χ2v) is 7.80. The number of para-hydroxylation sites is 1. The highest BCUT2D eigenvalue weighted by atomic mass is 32.1. The maximum absolute atomic E-state index is 12.3. The largest absolute Gasteiger partial charge is 0.383 e. The first-order valence-corrected chi connectivity index (χ1v) is 10.4. The maximum Gasteiger partial charge on any atom is 0.237 e. The molecule has 2 amide bonds. The summed E-state index contributed by atoms with van der Waals surface area (Å²) >= 11 is 5.33. The van der Waals surface area contributed by atoms with Crippen LogP contribution in [0.4, 0.5) is 5.69 Å². The summed E-state index contributed by atoms with van der Waals surface area (Å²) in [6.45, 7) is 2.52. The van der Waals surface area contributed by atoms with Gasteiger partial charge in [-0.15, -0.1) is 0 Å². The van der Waals surface area contributed by atoms with Crippen molar-refractivity contribution in [3.63, 3.8) is 0 Å². The van der Waals surface area contributed by atoms with Gasteiger partial charge in [0.25, 0.3) is 0 Å². The lowest BCUT2D eigenvalue weighted by atomic mass is 10.0. The first-order chi connectivity index (χ1) is 14.1. The summed E-state index contributed by atoms with van der Waals surface area (Å²) in [5, 5.41) is 12.9. The predicted molar refractivity (Wildman–Crippen MR) is 116 cm³/mol. The lowest BCUT2D eigenvalue weighted by Gasteiger charge is -2.37. The average Bonchev–Trinajstić information content (AvgIpc) is 3.13. The van der Waals surface area contributed by atoms with Gasteiger partial charge in [-0.05, 0) is 37.2 Å². The lowest BCUT2D eigenvalue weighted by Crippen LogP contribution is -2.58. The third-order valence-electron chi connectivity index (χ3n) is 5.31. The Kier molecular flexibility index (Phi) is 7.79. The number of hydrogen-bond donors (Lipinski definition) is 4. The Labute approximate surface area is 176 Å². The van der Waals surface area contributed by atoms with E-state index in [1.807, 2.05) is 30.3 Å². The number of rotatable bonds is 8. The fourth-order valence-corrected chi connectivity index (χ4v) is 4.16. The van der Waals surface area contributed by atoms with E-state index in [4.69, 9.17) is 17.0 Å². The third-order valence-corrected chi connectivity index (χ3v) is 5.57. The van der Waals surface area contributed by atoms with Crippen molar-refractivity contribution >= 4 is 34.8 Å². The molecule has 1 aromatic rings. The van der Waals surface area contributed by atoms with Crippen molar-refractivity contribution in [2.75, 3.05) is 38.7 Å². The molecule has 9 heteroatoms. The predicted octanol–water partition coefficient (Wildman–Crippen LogP) is 0.457. The quantitative estimate of drug-likeness (QED) is 0.359. The number of thiocarbonyl (C=S) groups is 1. The molecule has 29 heavy (non-hydrogen) atoms. The Morgan fingerprint density at radius 1 is 1.34 bits per heavy atom. The number of ether oxygens (including phenoxy) is 1. The van der Waals surface area contributed by atoms with Crippen LogP contribution in [0.3, 0.4) is 0 Å². The van der Waals surface area contributed by atoms with Gasteiger partial charge in [0, 0.05) is 50.9 Å². The van der Waals surface area contributed by atoms with Crippen LogP contribution in [0.15, 0.2) is 30.3 Å². The molecule has 0 unspecified atom stereocenters. The number of amides is 2. The van der Waals surface area contributed by atoms with Crippen LogP contribution in [-0.4, -0.2) is 73.3 Å². The molecule has 0 radical (unpaired) electrons. The Bertz CT molecular complexity index is 717. The highest BCUT2D eigenvalue weighted by molar-refractivity contribution is 7.80. The van der Waals surface area contributed by atoms with Crippen LogP contribution >= 0.6 is 12.2 Å². The minimum atomic E-state index is -0.176. The normalized spacial score (nSPS) is 23.8. The molecule has 0 bridgehead atoms. The zero-order valence-electron chi connectivity index (χ0n) is 16.6.